The van der Waals surface area contributed by atoms with Crippen molar-refractivity contribution in [2.75, 3.05) is 13.1 Å². The van der Waals surface area contributed by atoms with Gasteiger partial charge in [-0.05, 0) is 12.1 Å². The highest BCUT2D eigenvalue weighted by Crippen LogP contribution is 2.14. The molecule has 1 saturated heterocycles. The van der Waals surface area contributed by atoms with Gasteiger partial charge >= 0.3 is 0 Å². The van der Waals surface area contributed by atoms with Crippen LogP contribution in [0.25, 0.3) is 0 Å². The first-order chi connectivity index (χ1) is 7.47. The molecule has 0 unspecified atom stereocenters. The summed E-state index contributed by atoms with van der Waals surface area (Å²) < 4.78 is 51.4. The second-order valence-corrected chi connectivity index (χ2v) is 5.30. The number of hydrogen-bond donors (Lipinski definition) is 2. The molecule has 0 bridgehead atoms. The third-order valence-electron chi connectivity index (χ3n) is 2.25. The number of rotatable bonds is 3. The van der Waals surface area contributed by atoms with E-state index >= 15 is 0 Å². The van der Waals surface area contributed by atoms with Gasteiger partial charge in [0.05, 0.1) is 4.90 Å². The molecule has 0 saturated carbocycles. The molecule has 96 valence electrons. The van der Waals surface area contributed by atoms with Crippen LogP contribution in [0.4, 0.5) is 8.78 Å². The summed E-state index contributed by atoms with van der Waals surface area (Å²) in [6, 6.07) is 2.00. The minimum absolute atomic E-state index is 0. The molecule has 0 atom stereocenters. The van der Waals surface area contributed by atoms with Gasteiger partial charge in [0, 0.05) is 25.2 Å². The molecule has 2 rings (SSSR count). The summed E-state index contributed by atoms with van der Waals surface area (Å²) in [5.41, 5.74) is 0. The Hall–Kier alpha value is -0.760. The maximum absolute atomic E-state index is 12.8. The molecule has 1 aliphatic heterocycles. The van der Waals surface area contributed by atoms with E-state index in [-0.39, 0.29) is 18.4 Å². The van der Waals surface area contributed by atoms with Crippen LogP contribution in [0.15, 0.2) is 23.1 Å². The molecule has 0 amide bonds. The van der Waals surface area contributed by atoms with Crippen molar-refractivity contribution in [3.05, 3.63) is 29.8 Å². The van der Waals surface area contributed by atoms with Gasteiger partial charge in [-0.3, -0.25) is 0 Å². The zero-order valence-electron chi connectivity index (χ0n) is 8.61. The van der Waals surface area contributed by atoms with Crippen molar-refractivity contribution in [2.24, 2.45) is 0 Å². The van der Waals surface area contributed by atoms with Crippen LogP contribution in [0.5, 0.6) is 0 Å². The van der Waals surface area contributed by atoms with E-state index in [1.54, 1.807) is 0 Å². The Morgan fingerprint density at radius 3 is 2.12 bits per heavy atom. The molecule has 0 aromatic heterocycles. The first-order valence-electron chi connectivity index (χ1n) is 4.66. The number of halogens is 3. The summed E-state index contributed by atoms with van der Waals surface area (Å²) in [5, 5.41) is 2.88. The molecule has 1 aromatic rings. The van der Waals surface area contributed by atoms with Crippen molar-refractivity contribution in [2.45, 2.75) is 10.9 Å². The molecule has 0 aliphatic carbocycles. The average molecular weight is 285 g/mol. The third kappa shape index (κ3) is 3.35. The largest absolute Gasteiger partial charge is 0.313 e. The topological polar surface area (TPSA) is 58.2 Å². The van der Waals surface area contributed by atoms with Crippen molar-refractivity contribution in [1.82, 2.24) is 10.0 Å². The lowest BCUT2D eigenvalue weighted by Gasteiger charge is -2.27. The molecule has 4 nitrogen and oxygen atoms in total. The van der Waals surface area contributed by atoms with E-state index in [1.165, 1.54) is 0 Å². The van der Waals surface area contributed by atoms with Crippen LogP contribution in [0, 0.1) is 11.6 Å². The molecule has 1 heterocycles. The second kappa shape index (κ2) is 5.26. The Kier molecular flexibility index (Phi) is 4.42. The Morgan fingerprint density at radius 1 is 1.18 bits per heavy atom. The number of nitrogens with one attached hydrogen (secondary N) is 2. The van der Waals surface area contributed by atoms with E-state index in [9.17, 15) is 17.2 Å². The lowest BCUT2D eigenvalue weighted by molar-refractivity contribution is 0.410. The lowest BCUT2D eigenvalue weighted by Crippen LogP contribution is -2.56. The van der Waals surface area contributed by atoms with Crippen LogP contribution in [0.3, 0.4) is 0 Å². The summed E-state index contributed by atoms with van der Waals surface area (Å²) in [7, 11) is -3.84. The van der Waals surface area contributed by atoms with E-state index in [1.807, 2.05) is 0 Å². The molecule has 0 spiro atoms. The van der Waals surface area contributed by atoms with Crippen LogP contribution in [-0.2, 0) is 10.0 Å². The fourth-order valence-electron chi connectivity index (χ4n) is 1.34. The maximum atomic E-state index is 12.8. The zero-order chi connectivity index (χ0) is 11.8. The van der Waals surface area contributed by atoms with Crippen molar-refractivity contribution >= 4 is 22.4 Å². The summed E-state index contributed by atoms with van der Waals surface area (Å²) in [5.74, 6) is -1.82. The van der Waals surface area contributed by atoms with E-state index in [4.69, 9.17) is 0 Å². The minimum Gasteiger partial charge on any atom is -0.313 e. The number of sulfonamides is 1. The Bertz CT molecular complexity index is 485. The highest BCUT2D eigenvalue weighted by molar-refractivity contribution is 7.89. The fraction of sp³-hybridized carbons (Fsp3) is 0.333. The Balaban J connectivity index is 0.00000144. The standard InChI is InChI=1S/C9H10F2N2O2S.ClH/c10-6-1-7(11)3-9(2-6)16(14,15)13-8-4-12-5-8;/h1-3,8,12-13H,4-5H2;1H. The molecular weight excluding hydrogens is 274 g/mol. The third-order valence-corrected chi connectivity index (χ3v) is 3.75. The molecule has 8 heteroatoms. The van der Waals surface area contributed by atoms with Gasteiger partial charge in [-0.25, -0.2) is 21.9 Å². The van der Waals surface area contributed by atoms with Gasteiger partial charge < -0.3 is 5.32 Å². The van der Waals surface area contributed by atoms with Gasteiger partial charge in [0.2, 0.25) is 10.0 Å². The van der Waals surface area contributed by atoms with Gasteiger partial charge in [-0.1, -0.05) is 0 Å². The van der Waals surface area contributed by atoms with E-state index in [0.29, 0.717) is 19.2 Å². The Morgan fingerprint density at radius 2 is 1.71 bits per heavy atom. The van der Waals surface area contributed by atoms with Crippen molar-refractivity contribution < 1.29 is 17.2 Å². The predicted molar refractivity (Wildman–Crippen MR) is 60.6 cm³/mol. The minimum atomic E-state index is -3.84. The maximum Gasteiger partial charge on any atom is 0.241 e. The second-order valence-electron chi connectivity index (χ2n) is 3.58. The smallest absolute Gasteiger partial charge is 0.241 e. The summed E-state index contributed by atoms with van der Waals surface area (Å²) in [4.78, 5) is -0.392. The van der Waals surface area contributed by atoms with Crippen LogP contribution < -0.4 is 10.0 Å². The fourth-order valence-corrected chi connectivity index (χ4v) is 2.62. The highest BCUT2D eigenvalue weighted by atomic mass is 35.5. The van der Waals surface area contributed by atoms with Crippen molar-refractivity contribution in [3.8, 4) is 0 Å². The van der Waals surface area contributed by atoms with Gasteiger partial charge in [0.1, 0.15) is 11.6 Å². The van der Waals surface area contributed by atoms with Crippen LogP contribution in [0.2, 0.25) is 0 Å². The first-order valence-corrected chi connectivity index (χ1v) is 6.15. The molecule has 17 heavy (non-hydrogen) atoms. The van der Waals surface area contributed by atoms with E-state index < -0.39 is 26.6 Å². The number of benzene rings is 1. The molecule has 1 fully saturated rings. The normalized spacial score (nSPS) is 16.1. The van der Waals surface area contributed by atoms with Gasteiger partial charge in [0.25, 0.3) is 0 Å². The van der Waals surface area contributed by atoms with Gasteiger partial charge in [-0.15, -0.1) is 12.4 Å². The van der Waals surface area contributed by atoms with Crippen LogP contribution in [-0.4, -0.2) is 27.5 Å². The van der Waals surface area contributed by atoms with Gasteiger partial charge in [0.15, 0.2) is 0 Å². The highest BCUT2D eigenvalue weighted by Gasteiger charge is 2.25. The zero-order valence-corrected chi connectivity index (χ0v) is 10.2. The Labute approximate surface area is 104 Å². The first kappa shape index (κ1) is 14.3. The molecular formula is C9H11ClF2N2O2S. The van der Waals surface area contributed by atoms with E-state index in [2.05, 4.69) is 10.0 Å². The van der Waals surface area contributed by atoms with Crippen molar-refractivity contribution in [1.29, 1.82) is 0 Å². The summed E-state index contributed by atoms with van der Waals surface area (Å²) in [6.45, 7) is 1.05. The SMILES string of the molecule is Cl.O=S(=O)(NC1CNC1)c1cc(F)cc(F)c1. The quantitative estimate of drug-likeness (QED) is 0.856. The van der Waals surface area contributed by atoms with Crippen molar-refractivity contribution in [3.63, 3.8) is 0 Å². The van der Waals surface area contributed by atoms with Gasteiger partial charge in [-0.2, -0.15) is 0 Å². The molecule has 1 aliphatic rings. The molecule has 1 aromatic carbocycles. The van der Waals surface area contributed by atoms with Crippen LogP contribution >= 0.6 is 12.4 Å². The van der Waals surface area contributed by atoms with Crippen LogP contribution in [0.1, 0.15) is 0 Å². The average Bonchev–Trinajstić information content (AvgIpc) is 2.10. The summed E-state index contributed by atoms with van der Waals surface area (Å²) in [6.07, 6.45) is 0. The monoisotopic (exact) mass is 284 g/mol. The lowest BCUT2D eigenvalue weighted by atomic mass is 10.2. The van der Waals surface area contributed by atoms with E-state index in [0.717, 1.165) is 12.1 Å². The summed E-state index contributed by atoms with van der Waals surface area (Å²) >= 11 is 0. The number of hydrogen-bond acceptors (Lipinski definition) is 3. The molecule has 2 N–H and O–H groups in total. The predicted octanol–water partition coefficient (Wildman–Crippen LogP) is 0.637. The molecule has 0 radical (unpaired) electrons.